The molecule has 0 unspecified atom stereocenters. The van der Waals surface area contributed by atoms with Crippen LogP contribution in [0, 0.1) is 0 Å². The molecule has 212 valence electrons. The summed E-state index contributed by atoms with van der Waals surface area (Å²) in [6.07, 6.45) is -0.473. The van der Waals surface area contributed by atoms with Gasteiger partial charge in [0.25, 0.3) is 0 Å². The lowest BCUT2D eigenvalue weighted by atomic mass is 9.97. The number of methoxy groups -OCH3 is 4. The normalized spacial score (nSPS) is 13.5. The summed E-state index contributed by atoms with van der Waals surface area (Å²) >= 11 is 0. The maximum Gasteiger partial charge on any atom is 0.223 e. The Balaban J connectivity index is 2.18. The first kappa shape index (κ1) is 30.3. The molecule has 0 radical (unpaired) electrons. The Hall–Kier alpha value is -3.23. The topological polar surface area (TPSA) is 75.3 Å². The predicted octanol–water partition coefficient (Wildman–Crippen LogP) is 7.20. The van der Waals surface area contributed by atoms with Crippen LogP contribution in [0.1, 0.15) is 57.4 Å². The molecule has 3 aromatic rings. The number of benzene rings is 3. The van der Waals surface area contributed by atoms with Gasteiger partial charge in [0.15, 0.2) is 8.32 Å². The first-order chi connectivity index (χ1) is 18.4. The summed E-state index contributed by atoms with van der Waals surface area (Å²) in [7, 11) is 4.13. The number of ether oxygens (including phenoxy) is 4. The van der Waals surface area contributed by atoms with Gasteiger partial charge in [-0.1, -0.05) is 51.1 Å². The molecule has 1 N–H and O–H groups in total. The number of nitrogens with one attached hydrogen (secondary N) is 1. The van der Waals surface area contributed by atoms with Gasteiger partial charge in [-0.3, -0.25) is 4.79 Å². The van der Waals surface area contributed by atoms with Gasteiger partial charge >= 0.3 is 0 Å². The summed E-state index contributed by atoms with van der Waals surface area (Å²) < 4.78 is 30.2. The fourth-order valence-electron chi connectivity index (χ4n) is 4.46. The van der Waals surface area contributed by atoms with Crippen molar-refractivity contribution in [2.75, 3.05) is 28.4 Å². The van der Waals surface area contributed by atoms with Crippen LogP contribution in [0.25, 0.3) is 10.8 Å². The van der Waals surface area contributed by atoms with Gasteiger partial charge in [-0.15, -0.1) is 0 Å². The van der Waals surface area contributed by atoms with E-state index in [0.29, 0.717) is 28.4 Å². The number of hydrogen-bond acceptors (Lipinski definition) is 6. The Bertz CT molecular complexity index is 1290. The van der Waals surface area contributed by atoms with Gasteiger partial charge in [0, 0.05) is 5.56 Å². The molecule has 1 amide bonds. The van der Waals surface area contributed by atoms with Crippen LogP contribution < -0.4 is 24.3 Å². The molecule has 39 heavy (non-hydrogen) atoms. The smallest absolute Gasteiger partial charge is 0.223 e. The second-order valence-corrected chi connectivity index (χ2v) is 15.9. The fourth-order valence-corrected chi connectivity index (χ4v) is 5.73. The van der Waals surface area contributed by atoms with Gasteiger partial charge in [0.1, 0.15) is 23.0 Å². The molecule has 0 spiro atoms. The van der Waals surface area contributed by atoms with Gasteiger partial charge in [-0.25, -0.2) is 0 Å². The van der Waals surface area contributed by atoms with Crippen molar-refractivity contribution in [1.29, 1.82) is 0 Å². The van der Waals surface area contributed by atoms with Crippen LogP contribution in [-0.4, -0.2) is 42.7 Å². The zero-order chi connectivity index (χ0) is 29.0. The van der Waals surface area contributed by atoms with Gasteiger partial charge in [-0.2, -0.15) is 0 Å². The Morgan fingerprint density at radius 1 is 0.846 bits per heavy atom. The first-order valence-corrected chi connectivity index (χ1v) is 16.1. The minimum atomic E-state index is -2.32. The molecule has 0 saturated heterocycles. The van der Waals surface area contributed by atoms with Crippen molar-refractivity contribution in [3.63, 3.8) is 0 Å². The molecule has 0 heterocycles. The molecule has 3 rings (SSSR count). The van der Waals surface area contributed by atoms with Gasteiger partial charge in [0.05, 0.1) is 57.8 Å². The highest BCUT2D eigenvalue weighted by Crippen LogP contribution is 2.50. The molecular formula is C31H43NO6Si. The summed E-state index contributed by atoms with van der Waals surface area (Å²) in [6.45, 7) is 12.9. The minimum Gasteiger partial charge on any atom is -0.496 e. The van der Waals surface area contributed by atoms with Crippen molar-refractivity contribution >= 4 is 25.0 Å². The molecule has 0 fully saturated rings. The van der Waals surface area contributed by atoms with Crippen molar-refractivity contribution in [1.82, 2.24) is 5.32 Å². The molecule has 0 aromatic heterocycles. The second kappa shape index (κ2) is 12.3. The Morgan fingerprint density at radius 2 is 1.41 bits per heavy atom. The van der Waals surface area contributed by atoms with Crippen LogP contribution in [0.15, 0.2) is 48.5 Å². The summed E-state index contributed by atoms with van der Waals surface area (Å²) in [5, 5.41) is 4.50. The molecule has 7 nitrogen and oxygen atoms in total. The average Bonchev–Trinajstić information content (AvgIpc) is 2.90. The number of fused-ring (bicyclic) bond motifs is 1. The summed E-state index contributed by atoms with van der Waals surface area (Å²) in [5.74, 6) is 2.27. The van der Waals surface area contributed by atoms with Crippen LogP contribution in [0.5, 0.6) is 23.0 Å². The first-order valence-electron chi connectivity index (χ1n) is 13.2. The third-order valence-electron chi connectivity index (χ3n) is 7.65. The lowest BCUT2D eigenvalue weighted by Gasteiger charge is -2.39. The van der Waals surface area contributed by atoms with E-state index >= 15 is 0 Å². The molecular weight excluding hydrogens is 510 g/mol. The molecule has 3 aromatic carbocycles. The quantitative estimate of drug-likeness (QED) is 0.253. The lowest BCUT2D eigenvalue weighted by molar-refractivity contribution is -0.123. The van der Waals surface area contributed by atoms with Crippen LogP contribution in [0.4, 0.5) is 0 Å². The van der Waals surface area contributed by atoms with Crippen molar-refractivity contribution in [2.24, 2.45) is 0 Å². The van der Waals surface area contributed by atoms with Crippen molar-refractivity contribution < 1.29 is 28.2 Å². The van der Waals surface area contributed by atoms with E-state index in [1.807, 2.05) is 55.5 Å². The van der Waals surface area contributed by atoms with Gasteiger partial charge in [0.2, 0.25) is 5.91 Å². The Morgan fingerprint density at radius 3 is 1.92 bits per heavy atom. The summed E-state index contributed by atoms with van der Waals surface area (Å²) in [6, 6.07) is 15.3. The van der Waals surface area contributed by atoms with E-state index in [9.17, 15) is 4.79 Å². The van der Waals surface area contributed by atoms with Crippen LogP contribution in [0.2, 0.25) is 18.1 Å². The Kier molecular flexibility index (Phi) is 9.56. The molecule has 2 atom stereocenters. The number of carbonyl (C=O) groups excluding carboxylic acids is 1. The van der Waals surface area contributed by atoms with E-state index < -0.39 is 14.4 Å². The zero-order valence-electron chi connectivity index (χ0n) is 24.9. The monoisotopic (exact) mass is 553 g/mol. The van der Waals surface area contributed by atoms with Gasteiger partial charge in [-0.05, 0) is 48.8 Å². The zero-order valence-corrected chi connectivity index (χ0v) is 25.9. The SMILES string of the molecule is COc1ccc(OC)c2c(OC)c([C@H](CC(=O)N[C@@H](C)c3ccccc3)O[Si](C)(C)C(C)(C)C)cc(OC)c12. The molecule has 0 aliphatic heterocycles. The highest BCUT2D eigenvalue weighted by Gasteiger charge is 2.41. The highest BCUT2D eigenvalue weighted by molar-refractivity contribution is 6.74. The summed E-state index contributed by atoms with van der Waals surface area (Å²) in [4.78, 5) is 13.5. The lowest BCUT2D eigenvalue weighted by Crippen LogP contribution is -2.42. The molecule has 8 heteroatoms. The van der Waals surface area contributed by atoms with Crippen molar-refractivity contribution in [3.8, 4) is 23.0 Å². The van der Waals surface area contributed by atoms with E-state index in [1.165, 1.54) is 0 Å². The van der Waals surface area contributed by atoms with E-state index in [-0.39, 0.29) is 23.4 Å². The molecule has 0 bridgehead atoms. The van der Waals surface area contributed by atoms with E-state index in [4.69, 9.17) is 23.4 Å². The van der Waals surface area contributed by atoms with E-state index in [0.717, 1.165) is 16.5 Å². The standard InChI is InChI=1S/C31H43NO6Si/c1-20(21-14-12-11-13-15-21)32-27(33)19-25(38-39(9,10)31(2,3)4)22-18-26(36-7)28-23(34-5)16-17-24(35-6)29(28)30(22)37-8/h11-18,20,25H,19H2,1-10H3,(H,32,33)/t20-,25-/m0/s1. The fraction of sp³-hybridized carbons (Fsp3) is 0.452. The molecule has 0 aliphatic carbocycles. The third kappa shape index (κ3) is 6.50. The van der Waals surface area contributed by atoms with Gasteiger partial charge < -0.3 is 28.7 Å². The maximum absolute atomic E-state index is 13.5. The van der Waals surface area contributed by atoms with Crippen molar-refractivity contribution in [2.45, 2.75) is 64.4 Å². The van der Waals surface area contributed by atoms with Crippen LogP contribution in [-0.2, 0) is 9.22 Å². The minimum absolute atomic E-state index is 0.0753. The van der Waals surface area contributed by atoms with E-state index in [1.54, 1.807) is 28.4 Å². The number of amides is 1. The van der Waals surface area contributed by atoms with E-state index in [2.05, 4.69) is 39.2 Å². The average molecular weight is 554 g/mol. The molecule has 0 saturated carbocycles. The maximum atomic E-state index is 13.5. The van der Waals surface area contributed by atoms with Crippen LogP contribution >= 0.6 is 0 Å². The Labute approximate surface area is 233 Å². The molecule has 0 aliphatic rings. The summed E-state index contributed by atoms with van der Waals surface area (Å²) in [5.41, 5.74) is 1.76. The predicted molar refractivity (Wildman–Crippen MR) is 159 cm³/mol. The van der Waals surface area contributed by atoms with Crippen molar-refractivity contribution in [3.05, 3.63) is 59.7 Å². The van der Waals surface area contributed by atoms with Crippen LogP contribution in [0.3, 0.4) is 0 Å². The highest BCUT2D eigenvalue weighted by atomic mass is 28.4. The number of carbonyl (C=O) groups is 1. The number of rotatable bonds is 11. The largest absolute Gasteiger partial charge is 0.496 e. The number of hydrogen-bond donors (Lipinski definition) is 1. The third-order valence-corrected chi connectivity index (χ3v) is 12.1. The second-order valence-electron chi connectivity index (χ2n) is 11.2.